The van der Waals surface area contributed by atoms with Gasteiger partial charge in [0.05, 0.1) is 20.6 Å². The van der Waals surface area contributed by atoms with Crippen LogP contribution in [-0.2, 0) is 4.79 Å². The molecule has 5 nitrogen and oxygen atoms in total. The lowest BCUT2D eigenvalue weighted by Crippen LogP contribution is -2.22. The number of para-hydroxylation sites is 1. The van der Waals surface area contributed by atoms with Crippen molar-refractivity contribution in [1.82, 2.24) is 0 Å². The fourth-order valence-corrected chi connectivity index (χ4v) is 1.46. The molecule has 0 heterocycles. The van der Waals surface area contributed by atoms with Crippen LogP contribution in [0.2, 0.25) is 0 Å². The Morgan fingerprint density at radius 1 is 1.29 bits per heavy atom. The molecule has 94 valence electrons. The summed E-state index contributed by atoms with van der Waals surface area (Å²) in [7, 11) is 3.08. The molecule has 0 saturated carbocycles. The van der Waals surface area contributed by atoms with Gasteiger partial charge in [-0.25, -0.2) is 0 Å². The van der Waals surface area contributed by atoms with E-state index in [1.54, 1.807) is 39.3 Å². The smallest absolute Gasteiger partial charge is 0.221 e. The van der Waals surface area contributed by atoms with Crippen LogP contribution in [0, 0.1) is 0 Å². The van der Waals surface area contributed by atoms with Gasteiger partial charge in [-0.05, 0) is 19.1 Å². The fraction of sp³-hybridized carbons (Fsp3) is 0.417. The molecule has 0 aliphatic carbocycles. The van der Waals surface area contributed by atoms with E-state index in [4.69, 9.17) is 19.9 Å². The van der Waals surface area contributed by atoms with E-state index in [0.29, 0.717) is 17.2 Å². The molecule has 0 fully saturated rings. The van der Waals surface area contributed by atoms with Crippen LogP contribution in [0.5, 0.6) is 17.2 Å². The largest absolute Gasteiger partial charge is 0.493 e. The molecule has 1 atom stereocenters. The number of rotatable bonds is 6. The number of hydrogen-bond acceptors (Lipinski definition) is 4. The first-order valence-electron chi connectivity index (χ1n) is 5.24. The predicted molar refractivity (Wildman–Crippen MR) is 63.4 cm³/mol. The quantitative estimate of drug-likeness (QED) is 0.813. The van der Waals surface area contributed by atoms with E-state index < -0.39 is 5.91 Å². The maximum Gasteiger partial charge on any atom is 0.221 e. The molecular weight excluding hydrogens is 222 g/mol. The molecule has 1 rings (SSSR count). The number of primary amides is 1. The second kappa shape index (κ2) is 5.98. The van der Waals surface area contributed by atoms with E-state index >= 15 is 0 Å². The van der Waals surface area contributed by atoms with Gasteiger partial charge in [-0.15, -0.1) is 0 Å². The molecule has 0 bridgehead atoms. The van der Waals surface area contributed by atoms with Crippen molar-refractivity contribution in [3.8, 4) is 17.2 Å². The van der Waals surface area contributed by atoms with Crippen LogP contribution in [0.15, 0.2) is 18.2 Å². The average molecular weight is 239 g/mol. The Balaban J connectivity index is 2.90. The number of hydrogen-bond donors (Lipinski definition) is 1. The van der Waals surface area contributed by atoms with Crippen molar-refractivity contribution in [1.29, 1.82) is 0 Å². The number of nitrogens with two attached hydrogens (primary N) is 1. The molecule has 0 radical (unpaired) electrons. The third-order valence-corrected chi connectivity index (χ3v) is 2.19. The van der Waals surface area contributed by atoms with Crippen molar-refractivity contribution in [3.05, 3.63) is 18.2 Å². The summed E-state index contributed by atoms with van der Waals surface area (Å²) in [6.07, 6.45) is -0.195. The fourth-order valence-electron chi connectivity index (χ4n) is 1.46. The molecule has 0 aliphatic rings. The minimum Gasteiger partial charge on any atom is -0.493 e. The average Bonchev–Trinajstić information content (AvgIpc) is 2.28. The van der Waals surface area contributed by atoms with Crippen molar-refractivity contribution >= 4 is 5.91 Å². The molecule has 1 aromatic carbocycles. The predicted octanol–water partition coefficient (Wildman–Crippen LogP) is 1.35. The van der Waals surface area contributed by atoms with Crippen LogP contribution < -0.4 is 19.9 Å². The van der Waals surface area contributed by atoms with Crippen molar-refractivity contribution in [2.75, 3.05) is 14.2 Å². The highest BCUT2D eigenvalue weighted by Crippen LogP contribution is 2.37. The van der Waals surface area contributed by atoms with Gasteiger partial charge in [0.1, 0.15) is 6.10 Å². The Kier molecular flexibility index (Phi) is 4.63. The second-order valence-corrected chi connectivity index (χ2v) is 3.59. The topological polar surface area (TPSA) is 70.8 Å². The van der Waals surface area contributed by atoms with Crippen molar-refractivity contribution in [2.45, 2.75) is 19.4 Å². The van der Waals surface area contributed by atoms with E-state index in [9.17, 15) is 4.79 Å². The summed E-state index contributed by atoms with van der Waals surface area (Å²) >= 11 is 0. The van der Waals surface area contributed by atoms with E-state index in [1.165, 1.54) is 0 Å². The van der Waals surface area contributed by atoms with Crippen LogP contribution in [-0.4, -0.2) is 26.2 Å². The third-order valence-electron chi connectivity index (χ3n) is 2.19. The normalized spacial score (nSPS) is 11.7. The van der Waals surface area contributed by atoms with Crippen molar-refractivity contribution in [3.63, 3.8) is 0 Å². The van der Waals surface area contributed by atoms with Gasteiger partial charge in [0.25, 0.3) is 0 Å². The van der Waals surface area contributed by atoms with Gasteiger partial charge in [0.15, 0.2) is 11.5 Å². The minimum absolute atomic E-state index is 0.140. The monoisotopic (exact) mass is 239 g/mol. The van der Waals surface area contributed by atoms with E-state index in [2.05, 4.69) is 0 Å². The van der Waals surface area contributed by atoms with Gasteiger partial charge in [-0.1, -0.05) is 6.07 Å². The highest BCUT2D eigenvalue weighted by molar-refractivity contribution is 5.74. The molecule has 0 aromatic heterocycles. The Hall–Kier alpha value is -1.91. The Morgan fingerprint density at radius 2 is 1.82 bits per heavy atom. The van der Waals surface area contributed by atoms with Gasteiger partial charge >= 0.3 is 0 Å². The Morgan fingerprint density at radius 3 is 2.24 bits per heavy atom. The molecular formula is C12H17NO4. The summed E-state index contributed by atoms with van der Waals surface area (Å²) in [5.41, 5.74) is 5.11. The molecule has 1 unspecified atom stereocenters. The van der Waals surface area contributed by atoms with Crippen LogP contribution in [0.1, 0.15) is 13.3 Å². The van der Waals surface area contributed by atoms with E-state index in [-0.39, 0.29) is 12.5 Å². The number of methoxy groups -OCH3 is 2. The highest BCUT2D eigenvalue weighted by Gasteiger charge is 2.15. The molecule has 0 aliphatic heterocycles. The van der Waals surface area contributed by atoms with Gasteiger partial charge in [0, 0.05) is 0 Å². The van der Waals surface area contributed by atoms with Crippen LogP contribution in [0.3, 0.4) is 0 Å². The number of carbonyl (C=O) groups is 1. The molecule has 0 spiro atoms. The summed E-state index contributed by atoms with van der Waals surface area (Å²) in [4.78, 5) is 10.8. The molecule has 5 heteroatoms. The summed E-state index contributed by atoms with van der Waals surface area (Å²) in [6.45, 7) is 1.76. The number of carbonyl (C=O) groups excluding carboxylic acids is 1. The van der Waals surface area contributed by atoms with Crippen LogP contribution in [0.25, 0.3) is 0 Å². The third kappa shape index (κ3) is 3.55. The minimum atomic E-state index is -0.411. The lowest BCUT2D eigenvalue weighted by Gasteiger charge is -2.18. The molecule has 17 heavy (non-hydrogen) atoms. The zero-order chi connectivity index (χ0) is 12.8. The SMILES string of the molecule is COc1cccc(OC)c1OC(C)CC(N)=O. The van der Waals surface area contributed by atoms with E-state index in [1.807, 2.05) is 0 Å². The molecule has 2 N–H and O–H groups in total. The standard InChI is InChI=1S/C12H17NO4/c1-8(7-11(13)14)17-12-9(15-2)5-4-6-10(12)16-3/h4-6,8H,7H2,1-3H3,(H2,13,14). The van der Waals surface area contributed by atoms with Gasteiger partial charge in [-0.3, -0.25) is 4.79 Å². The Labute approximate surface area is 100 Å². The molecule has 0 saturated heterocycles. The maximum absolute atomic E-state index is 10.8. The van der Waals surface area contributed by atoms with Crippen LogP contribution >= 0.6 is 0 Å². The first kappa shape index (κ1) is 13.2. The second-order valence-electron chi connectivity index (χ2n) is 3.59. The maximum atomic E-state index is 10.8. The summed E-state index contributed by atoms with van der Waals surface area (Å²) < 4.78 is 16.0. The Bertz CT molecular complexity index is 370. The lowest BCUT2D eigenvalue weighted by molar-refractivity contribution is -0.119. The number of ether oxygens (including phenoxy) is 3. The first-order chi connectivity index (χ1) is 8.08. The number of benzene rings is 1. The summed E-state index contributed by atoms with van der Waals surface area (Å²) in [6, 6.07) is 5.31. The van der Waals surface area contributed by atoms with Gasteiger partial charge in [0.2, 0.25) is 11.7 Å². The highest BCUT2D eigenvalue weighted by atomic mass is 16.5. The van der Waals surface area contributed by atoms with Crippen molar-refractivity contribution < 1.29 is 19.0 Å². The van der Waals surface area contributed by atoms with Gasteiger partial charge < -0.3 is 19.9 Å². The summed E-state index contributed by atoms with van der Waals surface area (Å²) in [5.74, 6) is 1.18. The van der Waals surface area contributed by atoms with Gasteiger partial charge in [-0.2, -0.15) is 0 Å². The van der Waals surface area contributed by atoms with Crippen LogP contribution in [0.4, 0.5) is 0 Å². The zero-order valence-corrected chi connectivity index (χ0v) is 10.2. The molecule has 1 amide bonds. The zero-order valence-electron chi connectivity index (χ0n) is 10.2. The summed E-state index contributed by atoms with van der Waals surface area (Å²) in [5, 5.41) is 0. The van der Waals surface area contributed by atoms with Crippen molar-refractivity contribution in [2.24, 2.45) is 5.73 Å². The molecule has 1 aromatic rings. The lowest BCUT2D eigenvalue weighted by atomic mass is 10.2. The van der Waals surface area contributed by atoms with E-state index in [0.717, 1.165) is 0 Å². The number of amides is 1. The first-order valence-corrected chi connectivity index (χ1v) is 5.24.